The van der Waals surface area contributed by atoms with Gasteiger partial charge in [-0.05, 0) is 66.7 Å². The molecule has 2 aromatic carbocycles. The fourth-order valence-corrected chi connectivity index (χ4v) is 4.43. The van der Waals surface area contributed by atoms with Gasteiger partial charge in [-0.15, -0.1) is 0 Å². The SMILES string of the molecule is O=S(=O)(Nc1ccc2nc(-c3ccco3)c(-c3ccco3)nc2c1)c1ccc(Br)cc1. The minimum absolute atomic E-state index is 0.159. The number of furan rings is 2. The first-order chi connectivity index (χ1) is 15.0. The Morgan fingerprint density at radius 2 is 1.39 bits per heavy atom. The van der Waals surface area contributed by atoms with Gasteiger partial charge in [0.2, 0.25) is 0 Å². The van der Waals surface area contributed by atoms with Gasteiger partial charge in [-0.25, -0.2) is 18.4 Å². The van der Waals surface area contributed by atoms with Gasteiger partial charge in [-0.3, -0.25) is 4.72 Å². The molecule has 0 radical (unpaired) electrons. The number of fused-ring (bicyclic) bond motifs is 1. The van der Waals surface area contributed by atoms with Crippen LogP contribution in [0.4, 0.5) is 5.69 Å². The molecule has 3 heterocycles. The second-order valence-corrected chi connectivity index (χ2v) is 9.24. The van der Waals surface area contributed by atoms with Gasteiger partial charge in [0.15, 0.2) is 11.5 Å². The quantitative estimate of drug-likeness (QED) is 0.335. The zero-order valence-corrected chi connectivity index (χ0v) is 18.2. The van der Waals surface area contributed by atoms with Crippen LogP contribution in [0.3, 0.4) is 0 Å². The van der Waals surface area contributed by atoms with E-state index < -0.39 is 10.0 Å². The standard InChI is InChI=1S/C22H14BrN3O4S/c23-14-5-8-16(9-6-14)31(27,28)26-15-7-10-17-18(13-15)25-22(20-4-2-12-30-20)21(24-17)19-3-1-11-29-19/h1-13,26H. The third-order valence-electron chi connectivity index (χ3n) is 4.55. The zero-order chi connectivity index (χ0) is 21.4. The van der Waals surface area contributed by atoms with E-state index in [1.54, 1.807) is 67.1 Å². The first-order valence-corrected chi connectivity index (χ1v) is 11.5. The van der Waals surface area contributed by atoms with Crippen molar-refractivity contribution in [1.29, 1.82) is 0 Å². The molecule has 1 N–H and O–H groups in total. The van der Waals surface area contributed by atoms with E-state index in [1.807, 2.05) is 0 Å². The average Bonchev–Trinajstić information content (AvgIpc) is 3.47. The predicted molar refractivity (Wildman–Crippen MR) is 120 cm³/mol. The zero-order valence-electron chi connectivity index (χ0n) is 15.8. The van der Waals surface area contributed by atoms with Crippen LogP contribution >= 0.6 is 15.9 Å². The summed E-state index contributed by atoms with van der Waals surface area (Å²) in [5, 5.41) is 0. The smallest absolute Gasteiger partial charge is 0.261 e. The molecule has 154 valence electrons. The minimum Gasteiger partial charge on any atom is -0.463 e. The lowest BCUT2D eigenvalue weighted by Crippen LogP contribution is -2.12. The Kier molecular flexibility index (Phi) is 4.84. The molecule has 7 nitrogen and oxygen atoms in total. The highest BCUT2D eigenvalue weighted by Crippen LogP contribution is 2.32. The summed E-state index contributed by atoms with van der Waals surface area (Å²) in [7, 11) is -3.75. The van der Waals surface area contributed by atoms with Crippen molar-refractivity contribution < 1.29 is 17.3 Å². The fourth-order valence-electron chi connectivity index (χ4n) is 3.12. The van der Waals surface area contributed by atoms with Gasteiger partial charge < -0.3 is 8.83 Å². The van der Waals surface area contributed by atoms with Crippen molar-refractivity contribution in [3.63, 3.8) is 0 Å². The van der Waals surface area contributed by atoms with Crippen LogP contribution in [0.2, 0.25) is 0 Å². The third-order valence-corrected chi connectivity index (χ3v) is 6.48. The molecule has 5 rings (SSSR count). The number of nitrogens with one attached hydrogen (secondary N) is 1. The predicted octanol–water partition coefficient (Wildman–Crippen LogP) is 5.71. The number of sulfonamides is 1. The molecular formula is C22H14BrN3O4S. The van der Waals surface area contributed by atoms with Crippen molar-refractivity contribution in [2.24, 2.45) is 0 Å². The molecule has 3 aromatic heterocycles. The minimum atomic E-state index is -3.75. The molecule has 0 aliphatic carbocycles. The monoisotopic (exact) mass is 495 g/mol. The van der Waals surface area contributed by atoms with E-state index in [-0.39, 0.29) is 4.90 Å². The number of hydrogen-bond donors (Lipinski definition) is 1. The summed E-state index contributed by atoms with van der Waals surface area (Å²) in [5.74, 6) is 1.09. The van der Waals surface area contributed by atoms with Gasteiger partial charge in [0.25, 0.3) is 10.0 Å². The average molecular weight is 496 g/mol. The van der Waals surface area contributed by atoms with E-state index in [0.29, 0.717) is 39.6 Å². The maximum absolute atomic E-state index is 12.7. The Balaban J connectivity index is 1.58. The second kappa shape index (κ2) is 7.68. The molecular weight excluding hydrogens is 482 g/mol. The number of rotatable bonds is 5. The van der Waals surface area contributed by atoms with Gasteiger partial charge in [-0.1, -0.05) is 15.9 Å². The van der Waals surface area contributed by atoms with Gasteiger partial charge in [-0.2, -0.15) is 0 Å². The number of halogens is 1. The number of hydrogen-bond acceptors (Lipinski definition) is 6. The molecule has 0 amide bonds. The summed E-state index contributed by atoms with van der Waals surface area (Å²) in [6.07, 6.45) is 3.11. The normalized spacial score (nSPS) is 11.6. The Morgan fingerprint density at radius 3 is 1.97 bits per heavy atom. The molecule has 0 bridgehead atoms. The van der Waals surface area contributed by atoms with Crippen LogP contribution in [0, 0.1) is 0 Å². The van der Waals surface area contributed by atoms with E-state index in [9.17, 15) is 8.42 Å². The van der Waals surface area contributed by atoms with Crippen LogP contribution in [0.5, 0.6) is 0 Å². The number of nitrogens with zero attached hydrogens (tertiary/aromatic N) is 2. The summed E-state index contributed by atoms with van der Waals surface area (Å²) >= 11 is 3.30. The summed E-state index contributed by atoms with van der Waals surface area (Å²) < 4.78 is 39.9. The fraction of sp³-hybridized carbons (Fsp3) is 0. The number of anilines is 1. The summed E-state index contributed by atoms with van der Waals surface area (Å²) in [4.78, 5) is 9.53. The number of benzene rings is 2. The van der Waals surface area contributed by atoms with E-state index in [2.05, 4.69) is 25.6 Å². The van der Waals surface area contributed by atoms with Gasteiger partial charge >= 0.3 is 0 Å². The Labute approximate surface area is 185 Å². The third kappa shape index (κ3) is 3.85. The highest BCUT2D eigenvalue weighted by atomic mass is 79.9. The second-order valence-electron chi connectivity index (χ2n) is 6.64. The lowest BCUT2D eigenvalue weighted by atomic mass is 10.1. The Morgan fingerprint density at radius 1 is 0.774 bits per heavy atom. The van der Waals surface area contributed by atoms with E-state index in [0.717, 1.165) is 4.47 Å². The molecule has 0 saturated heterocycles. The van der Waals surface area contributed by atoms with Crippen molar-refractivity contribution in [1.82, 2.24) is 9.97 Å². The molecule has 0 atom stereocenters. The molecule has 0 unspecified atom stereocenters. The van der Waals surface area contributed by atoms with E-state index in [1.165, 1.54) is 12.1 Å². The molecule has 9 heteroatoms. The molecule has 5 aromatic rings. The summed E-state index contributed by atoms with van der Waals surface area (Å²) in [6, 6.07) is 18.5. The highest BCUT2D eigenvalue weighted by molar-refractivity contribution is 9.10. The Bertz CT molecular complexity index is 1460. The van der Waals surface area contributed by atoms with Crippen molar-refractivity contribution in [2.45, 2.75) is 4.90 Å². The molecule has 0 spiro atoms. The van der Waals surface area contributed by atoms with Crippen LogP contribution in [0.1, 0.15) is 0 Å². The van der Waals surface area contributed by atoms with Gasteiger partial charge in [0.05, 0.1) is 34.1 Å². The maximum atomic E-state index is 12.7. The highest BCUT2D eigenvalue weighted by Gasteiger charge is 2.19. The first kappa shape index (κ1) is 19.5. The molecule has 0 aliphatic heterocycles. The van der Waals surface area contributed by atoms with Crippen molar-refractivity contribution in [2.75, 3.05) is 4.72 Å². The first-order valence-electron chi connectivity index (χ1n) is 9.17. The van der Waals surface area contributed by atoms with Crippen LogP contribution in [-0.2, 0) is 10.0 Å². The van der Waals surface area contributed by atoms with Crippen molar-refractivity contribution in [3.8, 4) is 22.9 Å². The lowest BCUT2D eigenvalue weighted by Gasteiger charge is -2.10. The summed E-state index contributed by atoms with van der Waals surface area (Å²) in [6.45, 7) is 0. The van der Waals surface area contributed by atoms with Crippen LogP contribution < -0.4 is 4.72 Å². The van der Waals surface area contributed by atoms with Crippen LogP contribution in [0.25, 0.3) is 33.9 Å². The molecule has 0 fully saturated rings. The summed E-state index contributed by atoms with van der Waals surface area (Å²) in [5.41, 5.74) is 2.52. The van der Waals surface area contributed by atoms with Crippen LogP contribution in [-0.4, -0.2) is 18.4 Å². The van der Waals surface area contributed by atoms with Crippen LogP contribution in [0.15, 0.2) is 97.5 Å². The molecule has 0 saturated carbocycles. The topological polar surface area (TPSA) is 98.2 Å². The van der Waals surface area contributed by atoms with Gasteiger partial charge in [0, 0.05) is 4.47 Å². The Hall–Kier alpha value is -3.43. The lowest BCUT2D eigenvalue weighted by molar-refractivity contribution is 0.572. The van der Waals surface area contributed by atoms with E-state index in [4.69, 9.17) is 13.8 Å². The largest absolute Gasteiger partial charge is 0.463 e. The number of aromatic nitrogens is 2. The van der Waals surface area contributed by atoms with Crippen molar-refractivity contribution in [3.05, 3.63) is 83.7 Å². The van der Waals surface area contributed by atoms with E-state index >= 15 is 0 Å². The molecule has 31 heavy (non-hydrogen) atoms. The molecule has 0 aliphatic rings. The van der Waals surface area contributed by atoms with Crippen molar-refractivity contribution >= 4 is 42.7 Å². The maximum Gasteiger partial charge on any atom is 0.261 e. The van der Waals surface area contributed by atoms with Gasteiger partial charge in [0.1, 0.15) is 11.4 Å².